The fraction of sp³-hybridized carbons (Fsp3) is 1.00. The van der Waals surface area contributed by atoms with Gasteiger partial charge in [-0.1, -0.05) is 0 Å². The molecule has 0 aromatic rings. The number of ether oxygens (including phenoxy) is 12. The molecule has 0 saturated carbocycles. The van der Waals surface area contributed by atoms with Gasteiger partial charge in [0.05, 0.1) is 159 Å². The van der Waals surface area contributed by atoms with Gasteiger partial charge in [0.25, 0.3) is 0 Å². The molecule has 2 fully saturated rings. The van der Waals surface area contributed by atoms with Crippen molar-refractivity contribution >= 4 is 40.5 Å². The van der Waals surface area contributed by atoms with E-state index in [1.807, 2.05) is 0 Å². The van der Waals surface area contributed by atoms with Crippen LogP contribution < -0.4 is 0 Å². The Labute approximate surface area is 518 Å². The van der Waals surface area contributed by atoms with Crippen LogP contribution in [-0.4, -0.2) is 287 Å². The molecule has 84 heavy (non-hydrogen) atoms. The summed E-state index contributed by atoms with van der Waals surface area (Å²) in [6.07, 6.45) is 0. The van der Waals surface area contributed by atoms with Crippen LogP contribution in [0.25, 0.3) is 0 Å². The van der Waals surface area contributed by atoms with Crippen molar-refractivity contribution in [1.29, 1.82) is 0 Å². The molecule has 2 aliphatic heterocycles. The summed E-state index contributed by atoms with van der Waals surface area (Å²) in [5.74, 6) is 0. The van der Waals surface area contributed by atoms with E-state index in [9.17, 15) is 52.7 Å². The molecule has 38 nitrogen and oxygen atoms in total. The summed E-state index contributed by atoms with van der Waals surface area (Å²) in [5.41, 5.74) is -22.6. The summed E-state index contributed by atoms with van der Waals surface area (Å²) in [6.45, 7) is 14.1. The van der Waals surface area contributed by atoms with Crippen LogP contribution in [0.1, 0.15) is 0 Å². The first-order valence-electron chi connectivity index (χ1n) is 18.0. The molecule has 0 radical (unpaired) electrons. The standard InChI is InChI=1S/2C12H24O6.4CHF3O3S.10H2O.4O.2U/c2*1-2-14-5-6-16-9-10-18-12-11-17-8-7-15-4-3-13-1;4*2-1(3,4)8(5,6)7;;;;;;;;;;;;;;;;/h2*1-12H2;4*(H,5,6,7);10*1H2;;;;;;/q;;;;;;;;;;;;;;;;4*-2;;/p-4. The SMILES string of the molecule is C1COCCOCCOCCOCCOCCO1.C1COCCOCCOCCOCCOCCO1.O.O.O.O.O.O.O.O.O.O.O=S(=O)([O-])C(F)(F)F.O=S(=O)([O-])C(F)(F)F.O=S(=O)([O-])C(F)(F)F.O=S(=O)([O-])C(F)(F)F.[O-2].[O-2].[O-2].[O-2].[U].[U]. The summed E-state index contributed by atoms with van der Waals surface area (Å²) in [6, 6.07) is 0. The Bertz CT molecular complexity index is 1310. The normalized spacial score (nSPS) is 15.6. The van der Waals surface area contributed by atoms with E-state index in [-0.39, 0.29) is 139 Å². The number of alkyl halides is 12. The van der Waals surface area contributed by atoms with Crippen LogP contribution in [0.3, 0.4) is 0 Å². The fourth-order valence-electron chi connectivity index (χ4n) is 2.64. The summed E-state index contributed by atoms with van der Waals surface area (Å²) in [5, 5.41) is 0. The summed E-state index contributed by atoms with van der Waals surface area (Å²) in [7, 11) is -24.4. The third kappa shape index (κ3) is 104. The first kappa shape index (κ1) is 141. The fourth-order valence-corrected chi connectivity index (χ4v) is 2.64. The van der Waals surface area contributed by atoms with E-state index >= 15 is 0 Å². The van der Waals surface area contributed by atoms with Crippen LogP contribution in [0.4, 0.5) is 52.7 Å². The van der Waals surface area contributed by atoms with Gasteiger partial charge >= 0.3 is 22.0 Å². The van der Waals surface area contributed by atoms with Crippen molar-refractivity contribution < 1.29 is 300 Å². The van der Waals surface area contributed by atoms with E-state index in [1.54, 1.807) is 0 Å². The van der Waals surface area contributed by atoms with Crippen molar-refractivity contribution in [2.75, 3.05) is 159 Å². The van der Waals surface area contributed by atoms with Crippen LogP contribution >= 0.6 is 0 Å². The van der Waals surface area contributed by atoms with E-state index in [1.165, 1.54) is 0 Å². The van der Waals surface area contributed by atoms with Crippen molar-refractivity contribution in [2.24, 2.45) is 0 Å². The Morgan fingerprint density at radius 1 is 0.202 bits per heavy atom. The van der Waals surface area contributed by atoms with E-state index in [0.717, 1.165) is 0 Å². The van der Waals surface area contributed by atoms with Gasteiger partial charge < -0.3 is 152 Å². The van der Waals surface area contributed by atoms with Gasteiger partial charge in [0.1, 0.15) is 0 Å². The van der Waals surface area contributed by atoms with Crippen LogP contribution in [0.2, 0.25) is 0 Å². The molecule has 0 aromatic heterocycles. The molecule has 0 unspecified atom stereocenters. The predicted octanol–water partition coefficient (Wildman–Crippen LogP) is -8.32. The van der Waals surface area contributed by atoms with Crippen LogP contribution in [0.5, 0.6) is 0 Å². The maximum atomic E-state index is 10.7. The molecule has 0 aliphatic carbocycles. The van der Waals surface area contributed by atoms with Gasteiger partial charge in [-0.25, -0.2) is 33.7 Å². The molecular formula is C28H68F12O38S4U2-12. The molecule has 2 aliphatic rings. The molecule has 0 bridgehead atoms. The molecule has 0 spiro atoms. The van der Waals surface area contributed by atoms with Gasteiger partial charge in [-0.05, 0) is 0 Å². The van der Waals surface area contributed by atoms with E-state index in [0.29, 0.717) is 159 Å². The Morgan fingerprint density at radius 2 is 0.238 bits per heavy atom. The van der Waals surface area contributed by atoms with Crippen LogP contribution in [0, 0.1) is 62.2 Å². The summed E-state index contributed by atoms with van der Waals surface area (Å²) < 4.78 is 300. The maximum absolute atomic E-state index is 10.7. The zero-order chi connectivity index (χ0) is 53.5. The van der Waals surface area contributed by atoms with E-state index in [4.69, 9.17) is 109 Å². The Balaban J connectivity index is -0.0000000325. The largest absolute Gasteiger partial charge is 2.00 e. The minimum absolute atomic E-state index is 0. The van der Waals surface area contributed by atoms with E-state index < -0.39 is 62.5 Å². The minimum atomic E-state index is -6.09. The predicted molar refractivity (Wildman–Crippen MR) is 232 cm³/mol. The van der Waals surface area contributed by atoms with Gasteiger partial charge in [-0.15, -0.1) is 0 Å². The molecule has 2 heterocycles. The van der Waals surface area contributed by atoms with E-state index in [2.05, 4.69) is 0 Å². The van der Waals surface area contributed by atoms with Gasteiger partial charge in [0.2, 0.25) is 0 Å². The zero-order valence-corrected chi connectivity index (χ0v) is 54.2. The van der Waals surface area contributed by atoms with Gasteiger partial charge in [-0.3, -0.25) is 0 Å². The first-order chi connectivity index (χ1) is 31.0. The monoisotopic (exact) mass is 1840 g/mol. The molecule has 20 N–H and O–H groups in total. The van der Waals surface area contributed by atoms with Gasteiger partial charge in [0.15, 0.2) is 40.5 Å². The Hall–Kier alpha value is -0.136. The van der Waals surface area contributed by atoms with Crippen molar-refractivity contribution in [1.82, 2.24) is 0 Å². The Kier molecular flexibility index (Phi) is 133. The second-order valence-corrected chi connectivity index (χ2v) is 16.4. The van der Waals surface area contributed by atoms with Crippen LogP contribution in [-0.2, 0) is 119 Å². The van der Waals surface area contributed by atoms with Crippen LogP contribution in [0.15, 0.2) is 0 Å². The second kappa shape index (κ2) is 79.0. The quantitative estimate of drug-likeness (QED) is 0.123. The molecule has 2 saturated heterocycles. The molecule has 0 amide bonds. The molecular weight excluding hydrogens is 1780 g/mol. The third-order valence-corrected chi connectivity index (χ3v) is 7.87. The topological polar surface area (TPSA) is 769 Å². The minimum Gasteiger partial charge on any atom is -2.00 e. The first-order valence-corrected chi connectivity index (χ1v) is 23.6. The van der Waals surface area contributed by atoms with Crippen molar-refractivity contribution in [2.45, 2.75) is 22.0 Å². The molecule has 0 aromatic carbocycles. The average Bonchev–Trinajstić information content (AvgIpc) is 3.16. The summed E-state index contributed by atoms with van der Waals surface area (Å²) in [4.78, 5) is 0. The van der Waals surface area contributed by atoms with Crippen molar-refractivity contribution in [3.63, 3.8) is 0 Å². The summed E-state index contributed by atoms with van der Waals surface area (Å²) >= 11 is 0. The van der Waals surface area contributed by atoms with Gasteiger partial charge in [0, 0.05) is 62.2 Å². The van der Waals surface area contributed by atoms with Crippen molar-refractivity contribution in [3.05, 3.63) is 0 Å². The number of halogens is 12. The molecule has 0 atom stereocenters. The Morgan fingerprint density at radius 3 is 0.262 bits per heavy atom. The number of hydrogen-bond donors (Lipinski definition) is 0. The molecule has 56 heteroatoms. The zero-order valence-electron chi connectivity index (χ0n) is 42.6. The average molecular weight is 1850 g/mol. The molecule has 536 valence electrons. The van der Waals surface area contributed by atoms with Crippen molar-refractivity contribution in [3.8, 4) is 0 Å². The third-order valence-electron chi connectivity index (χ3n) is 5.60. The smallest absolute Gasteiger partial charge is 0.485 e. The molecule has 2 rings (SSSR count). The number of hydrogen-bond acceptors (Lipinski definition) is 24. The number of rotatable bonds is 0. The maximum Gasteiger partial charge on any atom is 0.485 e. The second-order valence-electron chi connectivity index (χ2n) is 10.9. The van der Waals surface area contributed by atoms with Gasteiger partial charge in [-0.2, -0.15) is 52.7 Å².